The number of hydrogen-bond acceptors (Lipinski definition) is 3. The molecule has 0 aliphatic heterocycles. The van der Waals surface area contributed by atoms with E-state index in [9.17, 15) is 10.2 Å². The van der Waals surface area contributed by atoms with E-state index >= 15 is 0 Å². The van der Waals surface area contributed by atoms with Crippen molar-refractivity contribution < 1.29 is 14.9 Å². The minimum Gasteiger partial charge on any atom is -0.508 e. The molecule has 0 unspecified atom stereocenters. The highest BCUT2D eigenvalue weighted by Gasteiger charge is 2.55. The lowest BCUT2D eigenvalue weighted by Gasteiger charge is -2.51. The Bertz CT molecular complexity index is 584. The van der Waals surface area contributed by atoms with E-state index in [1.807, 2.05) is 12.1 Å². The molecule has 0 aromatic heterocycles. The number of aliphatic hydroxyl groups is 1. The van der Waals surface area contributed by atoms with Gasteiger partial charge in [0.1, 0.15) is 5.75 Å². The van der Waals surface area contributed by atoms with E-state index in [1.54, 1.807) is 7.11 Å². The van der Waals surface area contributed by atoms with Gasteiger partial charge < -0.3 is 14.9 Å². The van der Waals surface area contributed by atoms with Crippen LogP contribution in [0.1, 0.15) is 62.2 Å². The Morgan fingerprint density at radius 1 is 1.18 bits per heavy atom. The molecule has 0 radical (unpaired) electrons. The number of aliphatic hydroxyl groups excluding tert-OH is 1. The first-order valence-electron chi connectivity index (χ1n) is 8.58. The van der Waals surface area contributed by atoms with Crippen molar-refractivity contribution in [1.29, 1.82) is 0 Å². The second kappa shape index (κ2) is 4.97. The van der Waals surface area contributed by atoms with Gasteiger partial charge >= 0.3 is 0 Å². The van der Waals surface area contributed by atoms with E-state index in [2.05, 4.69) is 13.0 Å². The zero-order chi connectivity index (χ0) is 15.5. The topological polar surface area (TPSA) is 49.7 Å². The fraction of sp³-hybridized carbons (Fsp3) is 0.684. The van der Waals surface area contributed by atoms with Gasteiger partial charge in [-0.15, -0.1) is 0 Å². The van der Waals surface area contributed by atoms with Crippen molar-refractivity contribution in [3.05, 3.63) is 29.3 Å². The Kier molecular flexibility index (Phi) is 3.28. The number of hydrogen-bond donors (Lipinski definition) is 2. The normalized spacial score (nSPS) is 43.3. The van der Waals surface area contributed by atoms with Crippen molar-refractivity contribution in [2.24, 2.45) is 17.3 Å². The molecule has 1 aromatic rings. The van der Waals surface area contributed by atoms with Crippen LogP contribution in [0.3, 0.4) is 0 Å². The van der Waals surface area contributed by atoms with Gasteiger partial charge in [-0.25, -0.2) is 0 Å². The number of phenols is 1. The lowest BCUT2D eigenvalue weighted by Crippen LogP contribution is -2.44. The van der Waals surface area contributed by atoms with Gasteiger partial charge in [-0.3, -0.25) is 0 Å². The largest absolute Gasteiger partial charge is 0.508 e. The lowest BCUT2D eigenvalue weighted by molar-refractivity contribution is -0.0432. The van der Waals surface area contributed by atoms with Crippen LogP contribution in [0, 0.1) is 17.3 Å². The molecule has 1 aromatic carbocycles. The quantitative estimate of drug-likeness (QED) is 0.830. The predicted molar refractivity (Wildman–Crippen MR) is 84.8 cm³/mol. The maximum Gasteiger partial charge on any atom is 0.115 e. The third-order valence-electron chi connectivity index (χ3n) is 6.97. The van der Waals surface area contributed by atoms with E-state index in [-0.39, 0.29) is 17.6 Å². The average Bonchev–Trinajstić information content (AvgIpc) is 2.82. The van der Waals surface area contributed by atoms with Crippen molar-refractivity contribution in [3.8, 4) is 5.75 Å². The van der Waals surface area contributed by atoms with E-state index in [4.69, 9.17) is 4.74 Å². The lowest BCUT2D eigenvalue weighted by atomic mass is 9.55. The van der Waals surface area contributed by atoms with Gasteiger partial charge in [0.2, 0.25) is 0 Å². The summed E-state index contributed by atoms with van der Waals surface area (Å²) in [6, 6.07) is 5.80. The SMILES string of the molecule is CO[C@@H]1C[C@@H]2[C@H](CC[C@]3(C)[C@@H](O)CC[C@@H]23)c2ccc(O)cc21. The number of ether oxygens (including phenoxy) is 1. The van der Waals surface area contributed by atoms with Crippen LogP contribution in [-0.2, 0) is 4.74 Å². The third-order valence-corrected chi connectivity index (χ3v) is 6.97. The van der Waals surface area contributed by atoms with Gasteiger partial charge in [-0.1, -0.05) is 13.0 Å². The van der Waals surface area contributed by atoms with Gasteiger partial charge in [-0.2, -0.15) is 0 Å². The molecule has 0 spiro atoms. The van der Waals surface area contributed by atoms with E-state index < -0.39 is 0 Å². The first-order chi connectivity index (χ1) is 10.5. The minimum atomic E-state index is -0.138. The van der Waals surface area contributed by atoms with Gasteiger partial charge in [0.25, 0.3) is 0 Å². The molecule has 2 N–H and O–H groups in total. The van der Waals surface area contributed by atoms with E-state index in [1.165, 1.54) is 11.1 Å². The van der Waals surface area contributed by atoms with Crippen molar-refractivity contribution >= 4 is 0 Å². The number of fused-ring (bicyclic) bond motifs is 5. The van der Waals surface area contributed by atoms with Gasteiger partial charge in [-0.05, 0) is 78.5 Å². The Balaban J connectivity index is 1.76. The molecular formula is C19H26O3. The van der Waals surface area contributed by atoms with Crippen LogP contribution in [0.2, 0.25) is 0 Å². The molecular weight excluding hydrogens is 276 g/mol. The van der Waals surface area contributed by atoms with Crippen LogP contribution in [0.4, 0.5) is 0 Å². The highest BCUT2D eigenvalue weighted by Crippen LogP contribution is 2.62. The molecule has 0 amide bonds. The Labute approximate surface area is 132 Å². The number of benzene rings is 1. The molecule has 0 saturated heterocycles. The second-order valence-electron chi connectivity index (χ2n) is 7.79. The number of aromatic hydroxyl groups is 1. The Morgan fingerprint density at radius 3 is 2.77 bits per heavy atom. The summed E-state index contributed by atoms with van der Waals surface area (Å²) in [5.41, 5.74) is 2.63. The maximum atomic E-state index is 10.5. The molecule has 0 bridgehead atoms. The first kappa shape index (κ1) is 14.5. The van der Waals surface area contributed by atoms with Crippen molar-refractivity contribution in [2.75, 3.05) is 7.11 Å². The summed E-state index contributed by atoms with van der Waals surface area (Å²) in [6.07, 6.45) is 5.29. The standard InChI is InChI=1S/C19H26O3/c1-19-8-7-13-12-4-3-11(20)9-15(12)17(22-2)10-14(13)16(19)5-6-18(19)21/h3-4,9,13-14,16-18,20-21H,5-8,10H2,1-2H3/t13-,14-,16+,17-,18+,19+/m1/s1. The summed E-state index contributed by atoms with van der Waals surface area (Å²) in [4.78, 5) is 0. The number of phenolic OH excluding ortho intramolecular Hbond substituents is 1. The van der Waals surface area contributed by atoms with Crippen LogP contribution in [0.25, 0.3) is 0 Å². The number of methoxy groups -OCH3 is 1. The van der Waals surface area contributed by atoms with E-state index in [0.29, 0.717) is 23.5 Å². The fourth-order valence-corrected chi connectivity index (χ4v) is 5.75. The summed E-state index contributed by atoms with van der Waals surface area (Å²) in [7, 11) is 1.77. The van der Waals surface area contributed by atoms with Crippen LogP contribution in [0.5, 0.6) is 5.75 Å². The van der Waals surface area contributed by atoms with Crippen molar-refractivity contribution in [1.82, 2.24) is 0 Å². The Hall–Kier alpha value is -1.06. The molecule has 0 heterocycles. The molecule has 3 aliphatic rings. The van der Waals surface area contributed by atoms with Crippen LogP contribution < -0.4 is 0 Å². The molecule has 3 nitrogen and oxygen atoms in total. The van der Waals surface area contributed by atoms with E-state index in [0.717, 1.165) is 32.1 Å². The molecule has 2 fully saturated rings. The zero-order valence-corrected chi connectivity index (χ0v) is 13.5. The monoisotopic (exact) mass is 302 g/mol. The first-order valence-corrected chi connectivity index (χ1v) is 8.58. The minimum absolute atomic E-state index is 0.0726. The highest BCUT2D eigenvalue weighted by atomic mass is 16.5. The molecule has 2 saturated carbocycles. The smallest absolute Gasteiger partial charge is 0.115 e. The van der Waals surface area contributed by atoms with Crippen LogP contribution in [0.15, 0.2) is 18.2 Å². The second-order valence-corrected chi connectivity index (χ2v) is 7.79. The van der Waals surface area contributed by atoms with Crippen molar-refractivity contribution in [2.45, 2.75) is 57.2 Å². The third kappa shape index (κ3) is 1.88. The van der Waals surface area contributed by atoms with Crippen LogP contribution >= 0.6 is 0 Å². The maximum absolute atomic E-state index is 10.5. The van der Waals surface area contributed by atoms with Gasteiger partial charge in [0, 0.05) is 7.11 Å². The van der Waals surface area contributed by atoms with Gasteiger partial charge in [0.05, 0.1) is 12.2 Å². The predicted octanol–water partition coefficient (Wildman–Crippen LogP) is 3.75. The van der Waals surface area contributed by atoms with Crippen molar-refractivity contribution in [3.63, 3.8) is 0 Å². The summed E-state index contributed by atoms with van der Waals surface area (Å²) < 4.78 is 5.76. The van der Waals surface area contributed by atoms with Crippen LogP contribution in [-0.4, -0.2) is 23.4 Å². The molecule has 6 atom stereocenters. The summed E-state index contributed by atoms with van der Waals surface area (Å²) in [5.74, 6) is 2.08. The molecule has 3 aliphatic carbocycles. The highest BCUT2D eigenvalue weighted by molar-refractivity contribution is 5.41. The fourth-order valence-electron chi connectivity index (χ4n) is 5.75. The molecule has 120 valence electrons. The summed E-state index contributed by atoms with van der Waals surface area (Å²) in [5, 5.41) is 20.3. The summed E-state index contributed by atoms with van der Waals surface area (Å²) in [6.45, 7) is 2.29. The average molecular weight is 302 g/mol. The molecule has 4 rings (SSSR count). The molecule has 3 heteroatoms. The van der Waals surface area contributed by atoms with Gasteiger partial charge in [0.15, 0.2) is 0 Å². The zero-order valence-electron chi connectivity index (χ0n) is 13.5. The number of rotatable bonds is 1. The summed E-state index contributed by atoms with van der Waals surface area (Å²) >= 11 is 0. The Morgan fingerprint density at radius 2 is 2.00 bits per heavy atom. The molecule has 22 heavy (non-hydrogen) atoms.